The maximum absolute atomic E-state index is 12.6. The second-order valence-corrected chi connectivity index (χ2v) is 8.61. The average Bonchev–Trinajstić information content (AvgIpc) is 2.51. The number of hydrogen-bond donors (Lipinski definition) is 2. The van der Waals surface area contributed by atoms with Crippen LogP contribution in [0.1, 0.15) is 19.4 Å². The maximum Gasteiger partial charge on any atom is 0.262 e. The van der Waals surface area contributed by atoms with Crippen molar-refractivity contribution in [2.75, 3.05) is 10.0 Å². The van der Waals surface area contributed by atoms with Crippen LogP contribution in [0.15, 0.2) is 47.4 Å². The van der Waals surface area contributed by atoms with Gasteiger partial charge in [0.25, 0.3) is 10.0 Å². The quantitative estimate of drug-likeness (QED) is 0.666. The van der Waals surface area contributed by atoms with E-state index in [2.05, 4.69) is 32.6 Å². The second kappa shape index (κ2) is 7.52. The summed E-state index contributed by atoms with van der Waals surface area (Å²) < 4.78 is 28.6. The summed E-state index contributed by atoms with van der Waals surface area (Å²) in [7, 11) is -3.74. The number of anilines is 2. The minimum atomic E-state index is -3.74. The number of benzene rings is 2. The summed E-state index contributed by atoms with van der Waals surface area (Å²) >= 11 is 2.08. The van der Waals surface area contributed by atoms with Gasteiger partial charge in [-0.2, -0.15) is 0 Å². The molecule has 2 aromatic carbocycles. The first-order chi connectivity index (χ1) is 11.2. The Morgan fingerprint density at radius 3 is 2.50 bits per heavy atom. The topological polar surface area (TPSA) is 75.3 Å². The predicted molar refractivity (Wildman–Crippen MR) is 105 cm³/mol. The molecule has 128 valence electrons. The monoisotopic (exact) mass is 458 g/mol. The van der Waals surface area contributed by atoms with E-state index in [-0.39, 0.29) is 16.7 Å². The highest BCUT2D eigenvalue weighted by molar-refractivity contribution is 14.1. The summed E-state index contributed by atoms with van der Waals surface area (Å²) in [5.41, 5.74) is 1.95. The summed E-state index contributed by atoms with van der Waals surface area (Å²) in [5, 5.41) is 2.71. The van der Waals surface area contributed by atoms with Gasteiger partial charge >= 0.3 is 0 Å². The standard InChI is InChI=1S/C17H19IN2O3S/c1-11(2)17(21)19-13-5-4-6-14(10-13)24(22,23)20-16-9-12(3)7-8-15(16)18/h4-11,20H,1-3H3,(H,19,21). The van der Waals surface area contributed by atoms with Crippen LogP contribution in [0.5, 0.6) is 0 Å². The van der Waals surface area contributed by atoms with E-state index < -0.39 is 10.0 Å². The van der Waals surface area contributed by atoms with Gasteiger partial charge in [0.05, 0.1) is 10.6 Å². The number of carbonyl (C=O) groups is 1. The lowest BCUT2D eigenvalue weighted by Crippen LogP contribution is -2.18. The third-order valence-corrected chi connectivity index (χ3v) is 5.61. The number of halogens is 1. The van der Waals surface area contributed by atoms with E-state index in [4.69, 9.17) is 0 Å². The van der Waals surface area contributed by atoms with Crippen LogP contribution < -0.4 is 10.0 Å². The molecule has 0 radical (unpaired) electrons. The Morgan fingerprint density at radius 2 is 1.83 bits per heavy atom. The zero-order valence-electron chi connectivity index (χ0n) is 13.6. The van der Waals surface area contributed by atoms with Gasteiger partial charge in [0.15, 0.2) is 0 Å². The number of nitrogens with one attached hydrogen (secondary N) is 2. The van der Waals surface area contributed by atoms with Gasteiger partial charge in [0, 0.05) is 15.2 Å². The van der Waals surface area contributed by atoms with Crippen molar-refractivity contribution in [2.24, 2.45) is 5.92 Å². The van der Waals surface area contributed by atoms with Crippen LogP contribution in [0.2, 0.25) is 0 Å². The van der Waals surface area contributed by atoms with Gasteiger partial charge in [-0.25, -0.2) is 8.42 Å². The molecule has 2 rings (SSSR count). The molecule has 0 bridgehead atoms. The fraction of sp³-hybridized carbons (Fsp3) is 0.235. The van der Waals surface area contributed by atoms with Crippen LogP contribution >= 0.6 is 22.6 Å². The molecule has 0 saturated heterocycles. The first-order valence-corrected chi connectivity index (χ1v) is 9.95. The Hall–Kier alpha value is -1.61. The Morgan fingerprint density at radius 1 is 1.12 bits per heavy atom. The summed E-state index contributed by atoms with van der Waals surface area (Å²) in [6, 6.07) is 11.8. The van der Waals surface area contributed by atoms with Crippen LogP contribution in [0, 0.1) is 16.4 Å². The van der Waals surface area contributed by atoms with Crippen molar-refractivity contribution < 1.29 is 13.2 Å². The summed E-state index contributed by atoms with van der Waals surface area (Å²) in [4.78, 5) is 11.9. The Kier molecular flexibility index (Phi) is 5.87. The molecule has 5 nitrogen and oxygen atoms in total. The number of amides is 1. The van der Waals surface area contributed by atoms with Crippen molar-refractivity contribution >= 4 is 49.9 Å². The summed E-state index contributed by atoms with van der Waals surface area (Å²) in [6.07, 6.45) is 0. The van der Waals surface area contributed by atoms with Gasteiger partial charge in [0.1, 0.15) is 0 Å². The molecule has 0 aliphatic carbocycles. The molecular formula is C17H19IN2O3S. The molecule has 7 heteroatoms. The van der Waals surface area contributed by atoms with Crippen molar-refractivity contribution in [3.05, 3.63) is 51.6 Å². The number of carbonyl (C=O) groups excluding carboxylic acids is 1. The first-order valence-electron chi connectivity index (χ1n) is 7.39. The second-order valence-electron chi connectivity index (χ2n) is 5.76. The Labute approximate surface area is 156 Å². The normalized spacial score (nSPS) is 11.4. The van der Waals surface area contributed by atoms with E-state index >= 15 is 0 Å². The minimum Gasteiger partial charge on any atom is -0.326 e. The van der Waals surface area contributed by atoms with E-state index in [1.54, 1.807) is 32.0 Å². The van der Waals surface area contributed by atoms with Crippen LogP contribution in [0.3, 0.4) is 0 Å². The molecule has 24 heavy (non-hydrogen) atoms. The molecule has 0 spiro atoms. The van der Waals surface area contributed by atoms with E-state index in [0.29, 0.717) is 11.4 Å². The van der Waals surface area contributed by atoms with Gasteiger partial charge in [0.2, 0.25) is 5.91 Å². The van der Waals surface area contributed by atoms with Crippen LogP contribution in [-0.4, -0.2) is 14.3 Å². The molecule has 2 aromatic rings. The molecule has 0 aliphatic heterocycles. The fourth-order valence-corrected chi connectivity index (χ4v) is 3.72. The fourth-order valence-electron chi connectivity index (χ4n) is 1.95. The zero-order chi connectivity index (χ0) is 17.9. The highest BCUT2D eigenvalue weighted by atomic mass is 127. The number of aryl methyl sites for hydroxylation is 1. The lowest BCUT2D eigenvalue weighted by molar-refractivity contribution is -0.118. The summed E-state index contributed by atoms with van der Waals surface area (Å²) in [5.74, 6) is -0.344. The predicted octanol–water partition coefficient (Wildman–Crippen LogP) is 3.99. The molecular weight excluding hydrogens is 439 g/mol. The van der Waals surface area contributed by atoms with Gasteiger partial charge < -0.3 is 5.32 Å². The molecule has 0 aromatic heterocycles. The molecule has 0 aliphatic rings. The molecule has 0 unspecified atom stereocenters. The molecule has 2 N–H and O–H groups in total. The highest BCUT2D eigenvalue weighted by Gasteiger charge is 2.17. The first kappa shape index (κ1) is 18.7. The van der Waals surface area contributed by atoms with Crippen LogP contribution in [0.4, 0.5) is 11.4 Å². The van der Waals surface area contributed by atoms with E-state index in [1.165, 1.54) is 12.1 Å². The highest BCUT2D eigenvalue weighted by Crippen LogP contribution is 2.24. The van der Waals surface area contributed by atoms with Gasteiger partial charge in [-0.05, 0) is 65.4 Å². The third kappa shape index (κ3) is 4.70. The largest absolute Gasteiger partial charge is 0.326 e. The Balaban J connectivity index is 2.29. The van der Waals surface area contributed by atoms with Gasteiger partial charge in [-0.15, -0.1) is 0 Å². The van der Waals surface area contributed by atoms with Crippen LogP contribution in [0.25, 0.3) is 0 Å². The molecule has 0 atom stereocenters. The summed E-state index contributed by atoms with van der Waals surface area (Å²) in [6.45, 7) is 5.45. The van der Waals surface area contributed by atoms with Gasteiger partial charge in [-0.1, -0.05) is 26.0 Å². The lowest BCUT2D eigenvalue weighted by atomic mass is 10.2. The van der Waals surface area contributed by atoms with Crippen molar-refractivity contribution in [3.63, 3.8) is 0 Å². The number of hydrogen-bond acceptors (Lipinski definition) is 3. The smallest absolute Gasteiger partial charge is 0.262 e. The minimum absolute atomic E-state index is 0.0985. The molecule has 1 amide bonds. The van der Waals surface area contributed by atoms with E-state index in [9.17, 15) is 13.2 Å². The third-order valence-electron chi connectivity index (χ3n) is 3.30. The zero-order valence-corrected chi connectivity index (χ0v) is 16.6. The molecule has 0 saturated carbocycles. The van der Waals surface area contributed by atoms with Crippen molar-refractivity contribution in [1.29, 1.82) is 0 Å². The van der Waals surface area contributed by atoms with Crippen LogP contribution in [-0.2, 0) is 14.8 Å². The molecule has 0 heterocycles. The van der Waals surface area contributed by atoms with Crippen molar-refractivity contribution in [3.8, 4) is 0 Å². The number of rotatable bonds is 5. The SMILES string of the molecule is Cc1ccc(I)c(NS(=O)(=O)c2cccc(NC(=O)C(C)C)c2)c1. The number of sulfonamides is 1. The molecule has 0 fully saturated rings. The lowest BCUT2D eigenvalue weighted by Gasteiger charge is -2.12. The Bertz CT molecular complexity index is 864. The van der Waals surface area contributed by atoms with E-state index in [0.717, 1.165) is 9.13 Å². The average molecular weight is 458 g/mol. The maximum atomic E-state index is 12.6. The van der Waals surface area contributed by atoms with Crippen molar-refractivity contribution in [2.45, 2.75) is 25.7 Å². The van der Waals surface area contributed by atoms with Crippen molar-refractivity contribution in [1.82, 2.24) is 0 Å². The van der Waals surface area contributed by atoms with Gasteiger partial charge in [-0.3, -0.25) is 9.52 Å². The van der Waals surface area contributed by atoms with E-state index in [1.807, 2.05) is 19.1 Å².